The zero-order chi connectivity index (χ0) is 18.5. The first kappa shape index (κ1) is 17.8. The number of hydrogen-bond donors (Lipinski definition) is 1. The van der Waals surface area contributed by atoms with Gasteiger partial charge in [-0.05, 0) is 42.5 Å². The lowest BCUT2D eigenvalue weighted by atomic mass is 10.1. The number of carbonyl (C=O) groups is 3. The molecule has 8 heteroatoms. The maximum Gasteiger partial charge on any atom is 0.344 e. The van der Waals surface area contributed by atoms with Gasteiger partial charge in [0.05, 0.1) is 5.69 Å². The normalized spacial score (nSPS) is 12.4. The van der Waals surface area contributed by atoms with Gasteiger partial charge in [0.25, 0.3) is 5.91 Å². The van der Waals surface area contributed by atoms with E-state index in [0.717, 1.165) is 0 Å². The number of rotatable bonds is 6. The van der Waals surface area contributed by atoms with Gasteiger partial charge >= 0.3 is 5.97 Å². The molecular weight excluding hydrogens is 362 g/mol. The summed E-state index contributed by atoms with van der Waals surface area (Å²) in [6.45, 7) is -0.828. The second-order valence-electron chi connectivity index (χ2n) is 5.37. The Morgan fingerprint density at radius 2 is 1.88 bits per heavy atom. The standard InChI is InChI=1S/C18H14ClNO6/c19-12-2-4-13(5-3-12)24-10-18(23)26-8-15(21)11-1-6-16-14(7-11)20-17(22)9-25-16/h1-7H,8-10H2,(H,20,22). The lowest BCUT2D eigenvalue weighted by molar-refractivity contribution is -0.144. The number of ether oxygens (including phenoxy) is 3. The topological polar surface area (TPSA) is 90.9 Å². The predicted octanol–water partition coefficient (Wildman–Crippen LogP) is 2.48. The van der Waals surface area contributed by atoms with Gasteiger partial charge in [0, 0.05) is 10.6 Å². The van der Waals surface area contributed by atoms with Crippen LogP contribution in [-0.2, 0) is 14.3 Å². The summed E-state index contributed by atoms with van der Waals surface area (Å²) in [6.07, 6.45) is 0. The third kappa shape index (κ3) is 4.52. The number of anilines is 1. The monoisotopic (exact) mass is 375 g/mol. The third-order valence-corrected chi connectivity index (χ3v) is 3.72. The quantitative estimate of drug-likeness (QED) is 0.616. The lowest BCUT2D eigenvalue weighted by Crippen LogP contribution is -2.25. The number of halogens is 1. The van der Waals surface area contributed by atoms with Crippen molar-refractivity contribution in [3.8, 4) is 11.5 Å². The fourth-order valence-electron chi connectivity index (χ4n) is 2.20. The van der Waals surface area contributed by atoms with E-state index < -0.39 is 18.4 Å². The average molecular weight is 376 g/mol. The number of carbonyl (C=O) groups excluding carboxylic acids is 3. The van der Waals surface area contributed by atoms with Crippen LogP contribution in [0, 0.1) is 0 Å². The first-order valence-corrected chi connectivity index (χ1v) is 8.03. The molecule has 3 rings (SSSR count). The average Bonchev–Trinajstić information content (AvgIpc) is 2.65. The smallest absolute Gasteiger partial charge is 0.344 e. The fourth-order valence-corrected chi connectivity index (χ4v) is 2.33. The highest BCUT2D eigenvalue weighted by Crippen LogP contribution is 2.28. The van der Waals surface area contributed by atoms with Gasteiger partial charge in [0.15, 0.2) is 25.6 Å². The second-order valence-corrected chi connectivity index (χ2v) is 5.81. The van der Waals surface area contributed by atoms with E-state index in [4.69, 9.17) is 25.8 Å². The van der Waals surface area contributed by atoms with Crippen molar-refractivity contribution in [2.24, 2.45) is 0 Å². The van der Waals surface area contributed by atoms with Gasteiger partial charge in [0.1, 0.15) is 11.5 Å². The van der Waals surface area contributed by atoms with Crippen molar-refractivity contribution in [3.63, 3.8) is 0 Å². The largest absolute Gasteiger partial charge is 0.482 e. The molecule has 1 aliphatic rings. The van der Waals surface area contributed by atoms with Crippen LogP contribution in [0.5, 0.6) is 11.5 Å². The van der Waals surface area contributed by atoms with E-state index >= 15 is 0 Å². The minimum atomic E-state index is -0.678. The van der Waals surface area contributed by atoms with Crippen LogP contribution in [0.25, 0.3) is 0 Å². The van der Waals surface area contributed by atoms with Crippen LogP contribution >= 0.6 is 11.6 Å². The highest BCUT2D eigenvalue weighted by atomic mass is 35.5. The molecule has 0 spiro atoms. The van der Waals surface area contributed by atoms with Crippen molar-refractivity contribution in [1.29, 1.82) is 0 Å². The Balaban J connectivity index is 1.50. The molecular formula is C18H14ClNO6. The molecule has 134 valence electrons. The van der Waals surface area contributed by atoms with E-state index in [2.05, 4.69) is 5.32 Å². The Kier molecular flexibility index (Phi) is 5.38. The first-order valence-electron chi connectivity index (χ1n) is 7.65. The molecule has 0 bridgehead atoms. The number of benzene rings is 2. The van der Waals surface area contributed by atoms with E-state index in [9.17, 15) is 14.4 Å². The molecule has 0 aromatic heterocycles. The molecule has 1 aliphatic heterocycles. The summed E-state index contributed by atoms with van der Waals surface area (Å²) >= 11 is 5.75. The summed E-state index contributed by atoms with van der Waals surface area (Å²) in [5.41, 5.74) is 0.700. The predicted molar refractivity (Wildman–Crippen MR) is 92.8 cm³/mol. The van der Waals surface area contributed by atoms with Crippen LogP contribution in [0.1, 0.15) is 10.4 Å². The maximum absolute atomic E-state index is 12.1. The van der Waals surface area contributed by atoms with Crippen LogP contribution in [0.3, 0.4) is 0 Å². The van der Waals surface area contributed by atoms with Crippen LogP contribution in [0.4, 0.5) is 5.69 Å². The van der Waals surface area contributed by atoms with E-state index in [0.29, 0.717) is 27.8 Å². The molecule has 26 heavy (non-hydrogen) atoms. The van der Waals surface area contributed by atoms with Crippen LogP contribution in [0.15, 0.2) is 42.5 Å². The summed E-state index contributed by atoms with van der Waals surface area (Å²) in [6, 6.07) is 11.1. The number of fused-ring (bicyclic) bond motifs is 1. The molecule has 0 saturated carbocycles. The fraction of sp³-hybridized carbons (Fsp3) is 0.167. The van der Waals surface area contributed by atoms with Gasteiger partial charge in [0.2, 0.25) is 0 Å². The van der Waals surface area contributed by atoms with E-state index in [1.54, 1.807) is 30.3 Å². The Morgan fingerprint density at radius 3 is 2.65 bits per heavy atom. The van der Waals surface area contributed by atoms with Crippen LogP contribution in [0.2, 0.25) is 5.02 Å². The molecule has 1 amide bonds. The first-order chi connectivity index (χ1) is 12.5. The molecule has 2 aromatic carbocycles. The third-order valence-electron chi connectivity index (χ3n) is 3.47. The van der Waals surface area contributed by atoms with Crippen molar-refractivity contribution >= 4 is 34.9 Å². The molecule has 0 atom stereocenters. The number of Topliss-reactive ketones (excluding diaryl/α,β-unsaturated/α-hetero) is 1. The van der Waals surface area contributed by atoms with Gasteiger partial charge in [-0.2, -0.15) is 0 Å². The molecule has 1 heterocycles. The number of ketones is 1. The molecule has 0 saturated heterocycles. The second kappa shape index (κ2) is 7.88. The van der Waals surface area contributed by atoms with E-state index in [1.807, 2.05) is 0 Å². The minimum absolute atomic E-state index is 0.0640. The van der Waals surface area contributed by atoms with Crippen LogP contribution < -0.4 is 14.8 Å². The number of amides is 1. The van der Waals surface area contributed by atoms with E-state index in [1.165, 1.54) is 12.1 Å². The van der Waals surface area contributed by atoms with Gasteiger partial charge < -0.3 is 19.5 Å². The highest BCUT2D eigenvalue weighted by Gasteiger charge is 2.18. The zero-order valence-electron chi connectivity index (χ0n) is 13.5. The molecule has 0 fully saturated rings. The van der Waals surface area contributed by atoms with Gasteiger partial charge in [-0.25, -0.2) is 4.79 Å². The Hall–Kier alpha value is -3.06. The van der Waals surface area contributed by atoms with Gasteiger partial charge in [-0.15, -0.1) is 0 Å². The summed E-state index contributed by atoms with van der Waals surface area (Å²) in [7, 11) is 0. The van der Waals surface area contributed by atoms with Crippen molar-refractivity contribution in [3.05, 3.63) is 53.1 Å². The molecule has 0 unspecified atom stereocenters. The Bertz CT molecular complexity index is 849. The van der Waals surface area contributed by atoms with Gasteiger partial charge in [-0.3, -0.25) is 9.59 Å². The maximum atomic E-state index is 12.1. The van der Waals surface area contributed by atoms with E-state index in [-0.39, 0.29) is 19.1 Å². The highest BCUT2D eigenvalue weighted by molar-refractivity contribution is 6.30. The molecule has 0 radical (unpaired) electrons. The molecule has 7 nitrogen and oxygen atoms in total. The summed E-state index contributed by atoms with van der Waals surface area (Å²) in [5, 5.41) is 3.16. The minimum Gasteiger partial charge on any atom is -0.482 e. The number of nitrogens with one attached hydrogen (secondary N) is 1. The van der Waals surface area contributed by atoms with Gasteiger partial charge in [-0.1, -0.05) is 11.6 Å². The zero-order valence-corrected chi connectivity index (χ0v) is 14.2. The Labute approximate surface area is 153 Å². The summed E-state index contributed by atoms with van der Waals surface area (Å²) in [5.74, 6) is -0.444. The Morgan fingerprint density at radius 1 is 1.12 bits per heavy atom. The lowest BCUT2D eigenvalue weighted by Gasteiger charge is -2.18. The molecule has 1 N–H and O–H groups in total. The van der Waals surface area contributed by atoms with Crippen molar-refractivity contribution in [1.82, 2.24) is 0 Å². The van der Waals surface area contributed by atoms with Crippen LogP contribution in [-0.4, -0.2) is 37.5 Å². The summed E-state index contributed by atoms with van der Waals surface area (Å²) < 4.78 is 15.4. The SMILES string of the molecule is O=C1COc2ccc(C(=O)COC(=O)COc3ccc(Cl)cc3)cc2N1. The summed E-state index contributed by atoms with van der Waals surface area (Å²) in [4.78, 5) is 35.2. The molecule has 0 aliphatic carbocycles. The number of esters is 1. The number of hydrogen-bond acceptors (Lipinski definition) is 6. The van der Waals surface area contributed by atoms with Crippen molar-refractivity contribution in [2.75, 3.05) is 25.1 Å². The van der Waals surface area contributed by atoms with Crippen molar-refractivity contribution < 1.29 is 28.6 Å². The van der Waals surface area contributed by atoms with Crippen molar-refractivity contribution in [2.45, 2.75) is 0 Å². The molecule has 2 aromatic rings.